The van der Waals surface area contributed by atoms with Crippen LogP contribution in [-0.4, -0.2) is 34.8 Å². The van der Waals surface area contributed by atoms with Crippen molar-refractivity contribution in [1.82, 2.24) is 10.2 Å². The molecule has 168 valence electrons. The van der Waals surface area contributed by atoms with E-state index in [4.69, 9.17) is 4.74 Å². The Labute approximate surface area is 185 Å². The smallest absolute Gasteiger partial charge is 0.325 e. The molecule has 1 heterocycles. The molecule has 1 aliphatic carbocycles. The summed E-state index contributed by atoms with van der Waals surface area (Å²) < 4.78 is 18.7. The fourth-order valence-electron chi connectivity index (χ4n) is 4.17. The van der Waals surface area contributed by atoms with Gasteiger partial charge in [0.05, 0.1) is 0 Å². The summed E-state index contributed by atoms with van der Waals surface area (Å²) in [5.41, 5.74) is 0.433. The first kappa shape index (κ1) is 21.8. The molecule has 1 spiro atoms. The highest BCUT2D eigenvalue weighted by atomic mass is 19.1. The Bertz CT molecular complexity index is 1020. The predicted octanol–water partition coefficient (Wildman–Crippen LogP) is 3.84. The Morgan fingerprint density at radius 2 is 1.91 bits per heavy atom. The highest BCUT2D eigenvalue weighted by molar-refractivity contribution is 6.10. The lowest BCUT2D eigenvalue weighted by atomic mass is 9.77. The number of halogens is 1. The van der Waals surface area contributed by atoms with E-state index in [0.29, 0.717) is 30.2 Å². The average Bonchev–Trinajstić information content (AvgIpc) is 3.00. The molecule has 7 nitrogen and oxygen atoms in total. The number of nitrogens with one attached hydrogen (secondary N) is 2. The van der Waals surface area contributed by atoms with Gasteiger partial charge in [-0.15, -0.1) is 0 Å². The number of hydrogen-bond donors (Lipinski definition) is 2. The molecule has 8 heteroatoms. The van der Waals surface area contributed by atoms with Crippen molar-refractivity contribution < 1.29 is 23.5 Å². The number of amides is 4. The zero-order chi connectivity index (χ0) is 22.7. The highest BCUT2D eigenvalue weighted by Crippen LogP contribution is 2.36. The van der Waals surface area contributed by atoms with Crippen LogP contribution in [-0.2, 0) is 16.2 Å². The Morgan fingerprint density at radius 1 is 1.19 bits per heavy atom. The van der Waals surface area contributed by atoms with Crippen molar-refractivity contribution in [3.8, 4) is 5.75 Å². The monoisotopic (exact) mass is 439 g/mol. The molecule has 2 fully saturated rings. The van der Waals surface area contributed by atoms with Gasteiger partial charge in [-0.1, -0.05) is 25.1 Å². The number of nitrogens with zero attached hydrogens (tertiary/aromatic N) is 1. The van der Waals surface area contributed by atoms with Gasteiger partial charge in [-0.25, -0.2) is 9.18 Å². The molecule has 0 bridgehead atoms. The minimum atomic E-state index is -0.863. The van der Waals surface area contributed by atoms with Gasteiger partial charge < -0.3 is 15.4 Å². The van der Waals surface area contributed by atoms with Crippen molar-refractivity contribution in [2.24, 2.45) is 5.92 Å². The number of urea groups is 1. The molecule has 0 radical (unpaired) electrons. The zero-order valence-corrected chi connectivity index (χ0v) is 17.9. The SMILES string of the molecule is CC1CCC2(CC1)NC(=O)N(CC(=O)Nc1cccc(OCc3ccc(F)cc3)c1)C2=O. The van der Waals surface area contributed by atoms with Gasteiger partial charge in [0.1, 0.15) is 30.3 Å². The number of carbonyl (C=O) groups excluding carboxylic acids is 3. The van der Waals surface area contributed by atoms with Gasteiger partial charge in [0.15, 0.2) is 0 Å². The van der Waals surface area contributed by atoms with E-state index in [1.54, 1.807) is 36.4 Å². The summed E-state index contributed by atoms with van der Waals surface area (Å²) in [6.07, 6.45) is 2.95. The second-order valence-corrected chi connectivity index (χ2v) is 8.58. The number of benzene rings is 2. The number of ether oxygens (including phenoxy) is 1. The van der Waals surface area contributed by atoms with Crippen LogP contribution < -0.4 is 15.4 Å². The van der Waals surface area contributed by atoms with Crippen molar-refractivity contribution >= 4 is 23.5 Å². The van der Waals surface area contributed by atoms with E-state index in [1.165, 1.54) is 12.1 Å². The van der Waals surface area contributed by atoms with Crippen LogP contribution >= 0.6 is 0 Å². The number of rotatable bonds is 6. The van der Waals surface area contributed by atoms with E-state index in [9.17, 15) is 18.8 Å². The van der Waals surface area contributed by atoms with Crippen LogP contribution in [0.1, 0.15) is 38.2 Å². The molecule has 2 aromatic rings. The number of carbonyl (C=O) groups is 3. The quantitative estimate of drug-likeness (QED) is 0.670. The number of imide groups is 1. The average molecular weight is 439 g/mol. The summed E-state index contributed by atoms with van der Waals surface area (Å²) in [6, 6.07) is 12.3. The van der Waals surface area contributed by atoms with Crippen molar-refractivity contribution in [2.75, 3.05) is 11.9 Å². The summed E-state index contributed by atoms with van der Waals surface area (Å²) in [5, 5.41) is 5.53. The van der Waals surface area contributed by atoms with Crippen LogP contribution in [0.4, 0.5) is 14.9 Å². The van der Waals surface area contributed by atoms with E-state index in [0.717, 1.165) is 23.3 Å². The van der Waals surface area contributed by atoms with Crippen LogP contribution in [0.3, 0.4) is 0 Å². The minimum Gasteiger partial charge on any atom is -0.489 e. The molecule has 1 aliphatic heterocycles. The largest absolute Gasteiger partial charge is 0.489 e. The third-order valence-electron chi connectivity index (χ3n) is 6.11. The van der Waals surface area contributed by atoms with Gasteiger partial charge in [-0.2, -0.15) is 0 Å². The number of hydrogen-bond acceptors (Lipinski definition) is 4. The predicted molar refractivity (Wildman–Crippen MR) is 116 cm³/mol. The second kappa shape index (κ2) is 8.98. The van der Waals surface area contributed by atoms with E-state index in [1.807, 2.05) is 0 Å². The van der Waals surface area contributed by atoms with Crippen LogP contribution in [0.25, 0.3) is 0 Å². The van der Waals surface area contributed by atoms with Crippen molar-refractivity contribution in [3.63, 3.8) is 0 Å². The summed E-state index contributed by atoms with van der Waals surface area (Å²) in [4.78, 5) is 38.8. The molecule has 2 N–H and O–H groups in total. The minimum absolute atomic E-state index is 0.251. The fourth-order valence-corrected chi connectivity index (χ4v) is 4.17. The summed E-state index contributed by atoms with van der Waals surface area (Å²) in [7, 11) is 0. The van der Waals surface area contributed by atoms with Crippen molar-refractivity contribution in [3.05, 3.63) is 59.9 Å². The van der Waals surface area contributed by atoms with Crippen LogP contribution in [0, 0.1) is 11.7 Å². The Balaban J connectivity index is 1.34. The summed E-state index contributed by atoms with van der Waals surface area (Å²) >= 11 is 0. The van der Waals surface area contributed by atoms with Gasteiger partial charge in [0.2, 0.25) is 5.91 Å². The first-order valence-electron chi connectivity index (χ1n) is 10.8. The first-order chi connectivity index (χ1) is 15.3. The van der Waals surface area contributed by atoms with Crippen molar-refractivity contribution in [1.29, 1.82) is 0 Å². The van der Waals surface area contributed by atoms with Gasteiger partial charge in [-0.05, 0) is 61.4 Å². The second-order valence-electron chi connectivity index (χ2n) is 8.58. The maximum Gasteiger partial charge on any atom is 0.325 e. The topological polar surface area (TPSA) is 87.7 Å². The maximum atomic E-state index is 13.0. The lowest BCUT2D eigenvalue weighted by Crippen LogP contribution is -2.49. The molecular formula is C24H26FN3O4. The lowest BCUT2D eigenvalue weighted by molar-refractivity contribution is -0.135. The normalized spacial score (nSPS) is 22.7. The molecule has 4 amide bonds. The molecule has 0 aromatic heterocycles. The van der Waals surface area contributed by atoms with E-state index in [-0.39, 0.29) is 24.9 Å². The molecule has 0 atom stereocenters. The molecule has 1 saturated heterocycles. The van der Waals surface area contributed by atoms with E-state index >= 15 is 0 Å². The lowest BCUT2D eigenvalue weighted by Gasteiger charge is -2.33. The molecule has 32 heavy (non-hydrogen) atoms. The summed E-state index contributed by atoms with van der Waals surface area (Å²) in [5.74, 6) is -0.0449. The standard InChI is InChI=1S/C24H26FN3O4/c1-16-9-11-24(12-10-16)22(30)28(23(31)27-24)14-21(29)26-19-3-2-4-20(13-19)32-15-17-5-7-18(25)8-6-17/h2-8,13,16H,9-12,14-15H2,1H3,(H,26,29)(H,27,31). The third-order valence-corrected chi connectivity index (χ3v) is 6.11. The van der Waals surface area contributed by atoms with Gasteiger partial charge in [0, 0.05) is 11.8 Å². The van der Waals surface area contributed by atoms with E-state index < -0.39 is 17.5 Å². The van der Waals surface area contributed by atoms with Crippen LogP contribution in [0.5, 0.6) is 5.75 Å². The number of anilines is 1. The van der Waals surface area contributed by atoms with Crippen LogP contribution in [0.15, 0.2) is 48.5 Å². The molecule has 4 rings (SSSR count). The molecule has 2 aromatic carbocycles. The molecule has 0 unspecified atom stereocenters. The van der Waals surface area contributed by atoms with Crippen molar-refractivity contribution in [2.45, 2.75) is 44.8 Å². The first-order valence-corrected chi connectivity index (χ1v) is 10.8. The summed E-state index contributed by atoms with van der Waals surface area (Å²) in [6.45, 7) is 2.04. The fraction of sp³-hybridized carbons (Fsp3) is 0.375. The maximum absolute atomic E-state index is 13.0. The Kier molecular flexibility index (Phi) is 6.12. The van der Waals surface area contributed by atoms with Crippen LogP contribution in [0.2, 0.25) is 0 Å². The van der Waals surface area contributed by atoms with E-state index in [2.05, 4.69) is 17.6 Å². The Morgan fingerprint density at radius 3 is 2.62 bits per heavy atom. The zero-order valence-electron chi connectivity index (χ0n) is 17.9. The van der Waals surface area contributed by atoms with Gasteiger partial charge >= 0.3 is 6.03 Å². The molecular weight excluding hydrogens is 413 g/mol. The molecule has 2 aliphatic rings. The Hall–Kier alpha value is -3.42. The third kappa shape index (κ3) is 4.74. The van der Waals surface area contributed by atoms with Gasteiger partial charge in [0.25, 0.3) is 5.91 Å². The molecule has 1 saturated carbocycles. The van der Waals surface area contributed by atoms with Gasteiger partial charge in [-0.3, -0.25) is 14.5 Å². The highest BCUT2D eigenvalue weighted by Gasteiger charge is 2.52.